The number of fused-ring (bicyclic) bond motifs is 1. The van der Waals surface area contributed by atoms with Gasteiger partial charge in [0.15, 0.2) is 5.43 Å². The maximum absolute atomic E-state index is 12.5. The summed E-state index contributed by atoms with van der Waals surface area (Å²) in [6.45, 7) is 0. The van der Waals surface area contributed by atoms with Crippen molar-refractivity contribution in [3.05, 3.63) is 62.8 Å². The number of nitro groups is 1. The van der Waals surface area contributed by atoms with E-state index in [1.54, 1.807) is 24.3 Å². The summed E-state index contributed by atoms with van der Waals surface area (Å²) in [5.41, 5.74) is -0.393. The van der Waals surface area contributed by atoms with Gasteiger partial charge in [0.05, 0.1) is 19.1 Å². The molecule has 24 heavy (non-hydrogen) atoms. The van der Waals surface area contributed by atoms with Gasteiger partial charge >= 0.3 is 5.69 Å². The van der Waals surface area contributed by atoms with Crippen LogP contribution in [0.5, 0.6) is 11.5 Å². The zero-order valence-electron chi connectivity index (χ0n) is 12.9. The molecule has 0 aliphatic carbocycles. The lowest BCUT2D eigenvalue weighted by molar-refractivity contribution is -0.384. The summed E-state index contributed by atoms with van der Waals surface area (Å²) in [5, 5.41) is 11.5. The van der Waals surface area contributed by atoms with Crippen molar-refractivity contribution in [1.29, 1.82) is 0 Å². The molecule has 122 valence electrons. The van der Waals surface area contributed by atoms with Crippen LogP contribution in [0.15, 0.2) is 51.7 Å². The average molecular weight is 327 g/mol. The van der Waals surface area contributed by atoms with Crippen LogP contribution >= 0.6 is 0 Å². The number of ether oxygens (including phenoxy) is 2. The van der Waals surface area contributed by atoms with Gasteiger partial charge in [0, 0.05) is 17.7 Å². The van der Waals surface area contributed by atoms with E-state index < -0.39 is 16.0 Å². The zero-order chi connectivity index (χ0) is 17.3. The molecule has 0 radical (unpaired) electrons. The number of hydrogen-bond acceptors (Lipinski definition) is 6. The second-order valence-corrected chi connectivity index (χ2v) is 4.93. The van der Waals surface area contributed by atoms with Crippen LogP contribution in [0.3, 0.4) is 0 Å². The summed E-state index contributed by atoms with van der Waals surface area (Å²) in [5.74, 6) is 0.338. The number of hydrogen-bond donors (Lipinski definition) is 0. The molecule has 3 aromatic rings. The van der Waals surface area contributed by atoms with E-state index in [0.717, 1.165) is 0 Å². The number of benzene rings is 2. The predicted molar refractivity (Wildman–Crippen MR) is 87.7 cm³/mol. The Labute approximate surface area is 136 Å². The van der Waals surface area contributed by atoms with Crippen molar-refractivity contribution in [2.75, 3.05) is 14.2 Å². The van der Waals surface area contributed by atoms with Crippen molar-refractivity contribution in [1.82, 2.24) is 0 Å². The third-order valence-corrected chi connectivity index (χ3v) is 3.59. The highest BCUT2D eigenvalue weighted by molar-refractivity contribution is 5.94. The molecular weight excluding hydrogens is 314 g/mol. The van der Waals surface area contributed by atoms with E-state index in [9.17, 15) is 14.9 Å². The SMILES string of the molecule is COc1cc(OC)c2c(=O)cc(-c3ccccc3)oc2c1[N+](=O)[O-]. The Morgan fingerprint density at radius 1 is 1.04 bits per heavy atom. The Hall–Kier alpha value is -3.35. The van der Waals surface area contributed by atoms with E-state index in [1.165, 1.54) is 26.4 Å². The van der Waals surface area contributed by atoms with Crippen LogP contribution in [0.25, 0.3) is 22.3 Å². The maximum atomic E-state index is 12.5. The monoisotopic (exact) mass is 327 g/mol. The fraction of sp³-hybridized carbons (Fsp3) is 0.118. The van der Waals surface area contributed by atoms with Crippen LogP contribution in [-0.4, -0.2) is 19.1 Å². The molecule has 0 unspecified atom stereocenters. The molecule has 0 amide bonds. The summed E-state index contributed by atoms with van der Waals surface area (Å²) in [4.78, 5) is 23.4. The summed E-state index contributed by atoms with van der Waals surface area (Å²) >= 11 is 0. The highest BCUT2D eigenvalue weighted by Gasteiger charge is 2.27. The van der Waals surface area contributed by atoms with Gasteiger partial charge in [-0.15, -0.1) is 0 Å². The van der Waals surface area contributed by atoms with Crippen molar-refractivity contribution < 1.29 is 18.8 Å². The quantitative estimate of drug-likeness (QED) is 0.539. The summed E-state index contributed by atoms with van der Waals surface area (Å²) in [7, 11) is 2.66. The Balaban J connectivity index is 2.46. The van der Waals surface area contributed by atoms with Gasteiger partial charge in [-0.2, -0.15) is 0 Å². The minimum atomic E-state index is -0.641. The Morgan fingerprint density at radius 2 is 1.71 bits per heavy atom. The van der Waals surface area contributed by atoms with E-state index in [2.05, 4.69) is 0 Å². The van der Waals surface area contributed by atoms with E-state index in [-0.39, 0.29) is 28.2 Å². The Morgan fingerprint density at radius 3 is 2.29 bits per heavy atom. The molecule has 0 bridgehead atoms. The van der Waals surface area contributed by atoms with Gasteiger partial charge in [-0.25, -0.2) is 0 Å². The molecule has 7 heteroatoms. The normalized spacial score (nSPS) is 10.6. The molecule has 0 fully saturated rings. The van der Waals surface area contributed by atoms with Crippen molar-refractivity contribution >= 4 is 16.7 Å². The number of nitro benzene ring substituents is 1. The summed E-state index contributed by atoms with van der Waals surface area (Å²) in [6, 6.07) is 11.5. The largest absolute Gasteiger partial charge is 0.496 e. The topological polar surface area (TPSA) is 91.8 Å². The lowest BCUT2D eigenvalue weighted by Gasteiger charge is -2.10. The van der Waals surface area contributed by atoms with E-state index in [1.807, 2.05) is 6.07 Å². The van der Waals surface area contributed by atoms with E-state index in [0.29, 0.717) is 5.56 Å². The molecule has 1 heterocycles. The van der Waals surface area contributed by atoms with Crippen LogP contribution in [0.1, 0.15) is 0 Å². The fourth-order valence-corrected chi connectivity index (χ4v) is 2.50. The third-order valence-electron chi connectivity index (χ3n) is 3.59. The van der Waals surface area contributed by atoms with Crippen LogP contribution in [0.2, 0.25) is 0 Å². The van der Waals surface area contributed by atoms with Crippen LogP contribution in [0.4, 0.5) is 5.69 Å². The van der Waals surface area contributed by atoms with Crippen molar-refractivity contribution in [2.24, 2.45) is 0 Å². The van der Waals surface area contributed by atoms with Gasteiger partial charge in [0.1, 0.15) is 16.9 Å². The van der Waals surface area contributed by atoms with Crippen LogP contribution < -0.4 is 14.9 Å². The molecule has 0 spiro atoms. The lowest BCUT2D eigenvalue weighted by Crippen LogP contribution is -2.06. The van der Waals surface area contributed by atoms with Gasteiger partial charge in [0.2, 0.25) is 11.3 Å². The first-order valence-corrected chi connectivity index (χ1v) is 6.99. The van der Waals surface area contributed by atoms with Crippen molar-refractivity contribution in [3.8, 4) is 22.8 Å². The first kappa shape index (κ1) is 15.5. The molecule has 0 atom stereocenters. The summed E-state index contributed by atoms with van der Waals surface area (Å²) < 4.78 is 15.9. The smallest absolute Gasteiger partial charge is 0.354 e. The average Bonchev–Trinajstić information content (AvgIpc) is 2.60. The number of methoxy groups -OCH3 is 2. The molecule has 0 aliphatic heterocycles. The molecule has 0 aliphatic rings. The van der Waals surface area contributed by atoms with E-state index in [4.69, 9.17) is 13.9 Å². The Bertz CT molecular complexity index is 978. The Kier molecular flexibility index (Phi) is 3.91. The second kappa shape index (κ2) is 6.04. The van der Waals surface area contributed by atoms with Gasteiger partial charge in [-0.05, 0) is 0 Å². The highest BCUT2D eigenvalue weighted by Crippen LogP contribution is 2.40. The first-order chi connectivity index (χ1) is 11.6. The molecule has 0 N–H and O–H groups in total. The maximum Gasteiger partial charge on any atom is 0.354 e. The molecule has 0 saturated carbocycles. The minimum Gasteiger partial charge on any atom is -0.496 e. The fourth-order valence-electron chi connectivity index (χ4n) is 2.50. The number of rotatable bonds is 4. The van der Waals surface area contributed by atoms with Gasteiger partial charge in [-0.3, -0.25) is 14.9 Å². The summed E-state index contributed by atoms with van der Waals surface area (Å²) in [6.07, 6.45) is 0. The van der Waals surface area contributed by atoms with E-state index >= 15 is 0 Å². The van der Waals surface area contributed by atoms with Crippen molar-refractivity contribution in [3.63, 3.8) is 0 Å². The predicted octanol–water partition coefficient (Wildman–Crippen LogP) is 3.39. The van der Waals surface area contributed by atoms with Gasteiger partial charge in [-0.1, -0.05) is 30.3 Å². The second-order valence-electron chi connectivity index (χ2n) is 4.93. The molecule has 3 rings (SSSR count). The lowest BCUT2D eigenvalue weighted by atomic mass is 10.1. The number of nitrogens with zero attached hydrogens (tertiary/aromatic N) is 1. The minimum absolute atomic E-state index is 0.00433. The van der Waals surface area contributed by atoms with Crippen LogP contribution in [0, 0.1) is 10.1 Å². The third kappa shape index (κ3) is 2.45. The van der Waals surface area contributed by atoms with Gasteiger partial charge in [0.25, 0.3) is 0 Å². The first-order valence-electron chi connectivity index (χ1n) is 6.99. The van der Waals surface area contributed by atoms with Crippen molar-refractivity contribution in [2.45, 2.75) is 0 Å². The molecule has 0 saturated heterocycles. The zero-order valence-corrected chi connectivity index (χ0v) is 12.9. The van der Waals surface area contributed by atoms with Crippen LogP contribution in [-0.2, 0) is 0 Å². The molecule has 1 aromatic heterocycles. The molecule has 7 nitrogen and oxygen atoms in total. The van der Waals surface area contributed by atoms with Gasteiger partial charge < -0.3 is 13.9 Å². The standard InChI is InChI=1S/C17H13NO6/c1-22-13-9-14(23-2)16(18(20)21)17-15(13)11(19)8-12(24-17)10-6-4-3-5-7-10/h3-9H,1-2H3. The molecule has 2 aromatic carbocycles. The highest BCUT2D eigenvalue weighted by atomic mass is 16.6. The molecular formula is C17H13NO6.